The second-order valence-electron chi connectivity index (χ2n) is 7.50. The number of ether oxygens (including phenoxy) is 2. The Bertz CT molecular complexity index is 912. The highest BCUT2D eigenvalue weighted by Gasteiger charge is 2.32. The number of carbonyl (C=O) groups is 1. The van der Waals surface area contributed by atoms with E-state index in [1.165, 1.54) is 12.8 Å². The van der Waals surface area contributed by atoms with Crippen molar-refractivity contribution in [1.29, 1.82) is 5.26 Å². The zero-order chi connectivity index (χ0) is 19.5. The Morgan fingerprint density at radius 3 is 2.68 bits per heavy atom. The van der Waals surface area contributed by atoms with Crippen LogP contribution in [0.5, 0.6) is 11.5 Å². The van der Waals surface area contributed by atoms with Crippen LogP contribution in [0.4, 0.5) is 5.69 Å². The number of hydrogen-bond donors (Lipinski definition) is 0. The molecule has 144 valence electrons. The van der Waals surface area contributed by atoms with Crippen LogP contribution in [0.1, 0.15) is 49.1 Å². The highest BCUT2D eigenvalue weighted by molar-refractivity contribution is 5.96. The van der Waals surface area contributed by atoms with E-state index in [9.17, 15) is 4.79 Å². The van der Waals surface area contributed by atoms with Crippen LogP contribution < -0.4 is 14.4 Å². The van der Waals surface area contributed by atoms with Gasteiger partial charge in [0.25, 0.3) is 0 Å². The van der Waals surface area contributed by atoms with Crippen molar-refractivity contribution in [2.45, 2.75) is 44.1 Å². The second-order valence-corrected chi connectivity index (χ2v) is 7.50. The summed E-state index contributed by atoms with van der Waals surface area (Å²) in [6.45, 7) is 0.600. The summed E-state index contributed by atoms with van der Waals surface area (Å²) in [5.41, 5.74) is 2.43. The Labute approximate surface area is 165 Å². The molecule has 0 radical (unpaired) electrons. The lowest BCUT2D eigenvalue weighted by Crippen LogP contribution is -2.24. The zero-order valence-electron chi connectivity index (χ0n) is 16.1. The molecule has 1 saturated heterocycles. The predicted molar refractivity (Wildman–Crippen MR) is 107 cm³/mol. The summed E-state index contributed by atoms with van der Waals surface area (Å²) in [4.78, 5) is 14.4. The average molecular weight is 376 g/mol. The molecule has 5 heteroatoms. The van der Waals surface area contributed by atoms with Crippen molar-refractivity contribution < 1.29 is 14.3 Å². The molecule has 2 aromatic rings. The second kappa shape index (κ2) is 7.93. The molecule has 1 aliphatic heterocycles. The number of nitriles is 1. The maximum absolute atomic E-state index is 12.6. The molecule has 1 heterocycles. The third-order valence-corrected chi connectivity index (χ3v) is 5.67. The Balaban J connectivity index is 1.55. The van der Waals surface area contributed by atoms with E-state index in [1.54, 1.807) is 24.1 Å². The fourth-order valence-electron chi connectivity index (χ4n) is 4.15. The molecular weight excluding hydrogens is 352 g/mol. The predicted octanol–water partition coefficient (Wildman–Crippen LogP) is 4.41. The molecule has 1 atom stereocenters. The van der Waals surface area contributed by atoms with Crippen LogP contribution >= 0.6 is 0 Å². The molecule has 2 aliphatic rings. The fourth-order valence-corrected chi connectivity index (χ4v) is 4.15. The number of methoxy groups -OCH3 is 1. The van der Waals surface area contributed by atoms with Crippen molar-refractivity contribution in [3.8, 4) is 17.6 Å². The van der Waals surface area contributed by atoms with Crippen LogP contribution in [-0.2, 0) is 4.79 Å². The molecule has 0 aromatic heterocycles. The third-order valence-electron chi connectivity index (χ3n) is 5.67. The quantitative estimate of drug-likeness (QED) is 0.775. The summed E-state index contributed by atoms with van der Waals surface area (Å²) in [7, 11) is 1.65. The van der Waals surface area contributed by atoms with Gasteiger partial charge in [0.15, 0.2) is 11.5 Å². The normalized spacial score (nSPS) is 19.6. The lowest BCUT2D eigenvalue weighted by atomic mass is 9.98. The monoisotopic (exact) mass is 376 g/mol. The topological polar surface area (TPSA) is 62.6 Å². The van der Waals surface area contributed by atoms with E-state index >= 15 is 0 Å². The zero-order valence-corrected chi connectivity index (χ0v) is 16.1. The summed E-state index contributed by atoms with van der Waals surface area (Å²) >= 11 is 0. The first-order valence-corrected chi connectivity index (χ1v) is 9.83. The van der Waals surface area contributed by atoms with E-state index in [1.807, 2.05) is 30.3 Å². The van der Waals surface area contributed by atoms with Gasteiger partial charge in [0.05, 0.1) is 24.8 Å². The maximum Gasteiger partial charge on any atom is 0.227 e. The lowest BCUT2D eigenvalue weighted by Gasteiger charge is -2.19. The van der Waals surface area contributed by atoms with Gasteiger partial charge < -0.3 is 14.4 Å². The number of hydrogen-bond acceptors (Lipinski definition) is 4. The van der Waals surface area contributed by atoms with Gasteiger partial charge in [-0.3, -0.25) is 4.79 Å². The smallest absolute Gasteiger partial charge is 0.227 e. The Hall–Kier alpha value is -3.00. The number of anilines is 1. The van der Waals surface area contributed by atoms with Crippen LogP contribution in [0.15, 0.2) is 42.5 Å². The first-order valence-electron chi connectivity index (χ1n) is 9.83. The van der Waals surface area contributed by atoms with E-state index in [0.717, 1.165) is 35.6 Å². The largest absolute Gasteiger partial charge is 0.493 e. The van der Waals surface area contributed by atoms with Gasteiger partial charge in [-0.2, -0.15) is 5.26 Å². The average Bonchev–Trinajstić information content (AvgIpc) is 3.37. The van der Waals surface area contributed by atoms with E-state index in [-0.39, 0.29) is 17.9 Å². The number of nitrogens with zero attached hydrogens (tertiary/aromatic N) is 2. The maximum atomic E-state index is 12.6. The molecule has 0 spiro atoms. The minimum Gasteiger partial charge on any atom is -0.493 e. The Morgan fingerprint density at radius 1 is 1.11 bits per heavy atom. The van der Waals surface area contributed by atoms with Crippen LogP contribution in [0.2, 0.25) is 0 Å². The summed E-state index contributed by atoms with van der Waals surface area (Å²) in [5, 5.41) is 9.12. The van der Waals surface area contributed by atoms with Crippen LogP contribution in [0.3, 0.4) is 0 Å². The number of amides is 1. The minimum absolute atomic E-state index is 0.0779. The van der Waals surface area contributed by atoms with E-state index in [2.05, 4.69) is 6.07 Å². The molecule has 1 aliphatic carbocycles. The summed E-state index contributed by atoms with van der Waals surface area (Å²) in [5.74, 6) is 1.67. The molecule has 2 aromatic carbocycles. The van der Waals surface area contributed by atoms with Crippen LogP contribution in [-0.4, -0.2) is 25.7 Å². The number of carbonyl (C=O) groups excluding carboxylic acids is 1. The summed E-state index contributed by atoms with van der Waals surface area (Å²) in [6.07, 6.45) is 5.28. The highest BCUT2D eigenvalue weighted by Crippen LogP contribution is 2.38. The van der Waals surface area contributed by atoms with Crippen LogP contribution in [0, 0.1) is 11.3 Å². The molecule has 0 N–H and O–H groups in total. The molecule has 28 heavy (non-hydrogen) atoms. The first-order chi connectivity index (χ1) is 13.7. The standard InChI is InChI=1S/C23H24N2O3/c1-27-21-10-9-17(12-22(21)28-20-7-2-3-8-20)18-13-23(26)25(15-18)19-6-4-5-16(11-19)14-24/h4-6,9-12,18,20H,2-3,7-8,13,15H2,1H3/t18-/m0/s1. The Morgan fingerprint density at radius 2 is 1.93 bits per heavy atom. The van der Waals surface area contributed by atoms with Gasteiger partial charge in [-0.25, -0.2) is 0 Å². The van der Waals surface area contributed by atoms with Gasteiger partial charge in [0.2, 0.25) is 5.91 Å². The number of benzene rings is 2. The van der Waals surface area contributed by atoms with Crippen LogP contribution in [0.25, 0.3) is 0 Å². The summed E-state index contributed by atoms with van der Waals surface area (Å²) < 4.78 is 11.7. The van der Waals surface area contributed by atoms with Crippen molar-refractivity contribution in [3.63, 3.8) is 0 Å². The van der Waals surface area contributed by atoms with Crippen molar-refractivity contribution >= 4 is 11.6 Å². The minimum atomic E-state index is 0.0779. The van der Waals surface area contributed by atoms with Gasteiger partial charge >= 0.3 is 0 Å². The van der Waals surface area contributed by atoms with Gasteiger partial charge in [-0.15, -0.1) is 0 Å². The molecule has 4 rings (SSSR count). The van der Waals surface area contributed by atoms with Gasteiger partial charge in [0.1, 0.15) is 0 Å². The molecule has 0 bridgehead atoms. The van der Waals surface area contributed by atoms with Crippen molar-refractivity contribution in [2.75, 3.05) is 18.6 Å². The molecule has 2 fully saturated rings. The fraction of sp³-hybridized carbons (Fsp3) is 0.391. The van der Waals surface area contributed by atoms with E-state index in [0.29, 0.717) is 18.5 Å². The molecule has 0 unspecified atom stereocenters. The van der Waals surface area contributed by atoms with Crippen molar-refractivity contribution in [2.24, 2.45) is 0 Å². The third kappa shape index (κ3) is 3.68. The molecular formula is C23H24N2O3. The number of rotatable bonds is 5. The Kier molecular flexibility index (Phi) is 5.21. The summed E-state index contributed by atoms with van der Waals surface area (Å²) in [6, 6.07) is 15.3. The van der Waals surface area contributed by atoms with Gasteiger partial charge in [-0.05, 0) is 61.6 Å². The molecule has 5 nitrogen and oxygen atoms in total. The van der Waals surface area contributed by atoms with E-state index < -0.39 is 0 Å². The molecule has 1 amide bonds. The van der Waals surface area contributed by atoms with E-state index in [4.69, 9.17) is 14.7 Å². The molecule has 1 saturated carbocycles. The van der Waals surface area contributed by atoms with Crippen molar-refractivity contribution in [3.05, 3.63) is 53.6 Å². The van der Waals surface area contributed by atoms with Crippen molar-refractivity contribution in [1.82, 2.24) is 0 Å². The van der Waals surface area contributed by atoms with Gasteiger partial charge in [-0.1, -0.05) is 12.1 Å². The highest BCUT2D eigenvalue weighted by atomic mass is 16.5. The first kappa shape index (κ1) is 18.4. The van der Waals surface area contributed by atoms with Gasteiger partial charge in [0, 0.05) is 24.6 Å². The SMILES string of the molecule is COc1ccc([C@H]2CC(=O)N(c3cccc(C#N)c3)C2)cc1OC1CCCC1. The lowest BCUT2D eigenvalue weighted by molar-refractivity contribution is -0.117.